The summed E-state index contributed by atoms with van der Waals surface area (Å²) >= 11 is 9.00. The van der Waals surface area contributed by atoms with Gasteiger partial charge in [0.25, 0.3) is 0 Å². The van der Waals surface area contributed by atoms with E-state index in [1.165, 1.54) is 11.8 Å². The van der Waals surface area contributed by atoms with Crippen molar-refractivity contribution in [3.63, 3.8) is 0 Å². The lowest BCUT2D eigenvalue weighted by Crippen LogP contribution is -2.14. The highest BCUT2D eigenvalue weighted by Gasteiger charge is 2.15. The largest absolute Gasteiger partial charge is 0.489 e. The molecule has 5 rings (SSSR count). The molecule has 5 nitrogen and oxygen atoms in total. The summed E-state index contributed by atoms with van der Waals surface area (Å²) in [5, 5.41) is 7.42. The molecule has 0 saturated carbocycles. The highest BCUT2D eigenvalue weighted by atomic mass is 35.5. The van der Waals surface area contributed by atoms with Crippen LogP contribution in [0.1, 0.15) is 5.56 Å². The van der Waals surface area contributed by atoms with E-state index in [1.54, 1.807) is 17.7 Å². The van der Waals surface area contributed by atoms with Crippen LogP contribution in [0, 0.1) is 0 Å². The molecule has 0 bridgehead atoms. The number of carbonyl (C=O) groups excluding carboxylic acids is 1. The van der Waals surface area contributed by atoms with Gasteiger partial charge in [0.1, 0.15) is 28.5 Å². The molecular formula is C27H20ClN3O2S2. The molecule has 0 aliphatic rings. The smallest absolute Gasteiger partial charge is 0.234 e. The summed E-state index contributed by atoms with van der Waals surface area (Å²) in [6.07, 6.45) is 1.54. The van der Waals surface area contributed by atoms with Crippen molar-refractivity contribution in [1.29, 1.82) is 0 Å². The van der Waals surface area contributed by atoms with E-state index in [0.29, 0.717) is 17.3 Å². The number of aromatic nitrogens is 2. The van der Waals surface area contributed by atoms with Gasteiger partial charge in [-0.25, -0.2) is 9.97 Å². The quantitative estimate of drug-likeness (QED) is 0.172. The Kier molecular flexibility index (Phi) is 7.28. The molecule has 0 radical (unpaired) electrons. The number of nitrogens with one attached hydrogen (secondary N) is 1. The third-order valence-electron chi connectivity index (χ3n) is 5.22. The number of thioether (sulfide) groups is 1. The van der Waals surface area contributed by atoms with Crippen molar-refractivity contribution in [2.75, 3.05) is 11.1 Å². The van der Waals surface area contributed by atoms with Gasteiger partial charge >= 0.3 is 0 Å². The maximum absolute atomic E-state index is 12.6. The van der Waals surface area contributed by atoms with Crippen LogP contribution in [0.25, 0.3) is 21.3 Å². The molecule has 0 unspecified atom stereocenters. The number of hydrogen-bond acceptors (Lipinski definition) is 6. The van der Waals surface area contributed by atoms with Crippen molar-refractivity contribution in [1.82, 2.24) is 9.97 Å². The zero-order valence-corrected chi connectivity index (χ0v) is 20.9. The highest BCUT2D eigenvalue weighted by Crippen LogP contribution is 2.38. The number of thiophene rings is 1. The predicted molar refractivity (Wildman–Crippen MR) is 144 cm³/mol. The number of rotatable bonds is 8. The second kappa shape index (κ2) is 10.9. The minimum Gasteiger partial charge on any atom is -0.489 e. The second-order valence-corrected chi connectivity index (χ2v) is 9.91. The molecular weight excluding hydrogens is 498 g/mol. The molecule has 0 atom stereocenters. The van der Waals surface area contributed by atoms with Crippen LogP contribution >= 0.6 is 34.7 Å². The summed E-state index contributed by atoms with van der Waals surface area (Å²) in [6, 6.07) is 25.0. The standard InChI is InChI=1S/C27H20ClN3O2S2/c28-20-8-6-19(7-9-20)23-15-34-26-25(23)27(30-17-29-26)35-16-24(32)31-21-10-12-22(13-11-21)33-14-18-4-2-1-3-5-18/h1-13,15,17H,14,16H2,(H,31,32). The maximum atomic E-state index is 12.6. The van der Waals surface area contributed by atoms with Gasteiger partial charge in [0.15, 0.2) is 0 Å². The first-order valence-electron chi connectivity index (χ1n) is 10.8. The zero-order valence-electron chi connectivity index (χ0n) is 18.5. The topological polar surface area (TPSA) is 64.1 Å². The summed E-state index contributed by atoms with van der Waals surface area (Å²) in [4.78, 5) is 22.4. The van der Waals surface area contributed by atoms with Crippen molar-refractivity contribution in [2.45, 2.75) is 11.6 Å². The van der Waals surface area contributed by atoms with Gasteiger partial charge in [-0.05, 0) is 47.5 Å². The van der Waals surface area contributed by atoms with Gasteiger partial charge in [-0.15, -0.1) is 11.3 Å². The average Bonchev–Trinajstić information content (AvgIpc) is 3.33. The first kappa shape index (κ1) is 23.4. The minimum absolute atomic E-state index is 0.108. The van der Waals surface area contributed by atoms with Gasteiger partial charge in [-0.1, -0.05) is 65.8 Å². The Labute approximate surface area is 216 Å². The van der Waals surface area contributed by atoms with Crippen molar-refractivity contribution >= 4 is 56.5 Å². The number of carbonyl (C=O) groups is 1. The fraction of sp³-hybridized carbons (Fsp3) is 0.0741. The van der Waals surface area contributed by atoms with E-state index >= 15 is 0 Å². The fourth-order valence-electron chi connectivity index (χ4n) is 3.51. The molecule has 1 N–H and O–H groups in total. The van der Waals surface area contributed by atoms with Crippen LogP contribution in [-0.2, 0) is 11.4 Å². The van der Waals surface area contributed by atoms with Gasteiger partial charge in [0.2, 0.25) is 5.91 Å². The molecule has 0 aliphatic carbocycles. The van der Waals surface area contributed by atoms with E-state index in [2.05, 4.69) is 20.7 Å². The van der Waals surface area contributed by atoms with Crippen molar-refractivity contribution in [2.24, 2.45) is 0 Å². The fourth-order valence-corrected chi connectivity index (χ4v) is 5.42. The Morgan fingerprint density at radius 1 is 0.971 bits per heavy atom. The summed E-state index contributed by atoms with van der Waals surface area (Å²) in [7, 11) is 0. The number of nitrogens with zero attached hydrogens (tertiary/aromatic N) is 2. The first-order valence-corrected chi connectivity index (χ1v) is 13.1. The number of fused-ring (bicyclic) bond motifs is 1. The molecule has 0 saturated heterocycles. The van der Waals surface area contributed by atoms with Crippen LogP contribution in [0.5, 0.6) is 5.75 Å². The van der Waals surface area contributed by atoms with Crippen molar-refractivity contribution in [3.05, 3.63) is 101 Å². The van der Waals surface area contributed by atoms with E-state index in [0.717, 1.165) is 37.7 Å². The van der Waals surface area contributed by atoms with Gasteiger partial charge in [-0.2, -0.15) is 0 Å². The Balaban J connectivity index is 1.21. The van der Waals surface area contributed by atoms with Gasteiger partial charge in [-0.3, -0.25) is 4.79 Å². The van der Waals surface area contributed by atoms with Crippen molar-refractivity contribution in [3.8, 4) is 16.9 Å². The number of benzene rings is 3. The van der Waals surface area contributed by atoms with Crippen LogP contribution in [0.2, 0.25) is 5.02 Å². The van der Waals surface area contributed by atoms with Gasteiger partial charge in [0, 0.05) is 21.7 Å². The molecule has 5 aromatic rings. The Hall–Kier alpha value is -3.39. The third kappa shape index (κ3) is 5.82. The van der Waals surface area contributed by atoms with Crippen LogP contribution in [0.3, 0.4) is 0 Å². The molecule has 8 heteroatoms. The van der Waals surface area contributed by atoms with Crippen LogP contribution < -0.4 is 10.1 Å². The number of halogens is 1. The summed E-state index contributed by atoms with van der Waals surface area (Å²) in [6.45, 7) is 0.497. The van der Waals surface area contributed by atoms with E-state index in [1.807, 2.05) is 78.9 Å². The normalized spacial score (nSPS) is 10.9. The zero-order chi connectivity index (χ0) is 24.0. The Morgan fingerprint density at radius 3 is 2.51 bits per heavy atom. The number of anilines is 1. The van der Waals surface area contributed by atoms with E-state index < -0.39 is 0 Å². The molecule has 0 aliphatic heterocycles. The number of amides is 1. The van der Waals surface area contributed by atoms with Crippen LogP contribution in [0.15, 0.2) is 95.6 Å². The first-order chi connectivity index (χ1) is 17.2. The van der Waals surface area contributed by atoms with Crippen molar-refractivity contribution < 1.29 is 9.53 Å². The third-order valence-corrected chi connectivity index (χ3v) is 7.34. The lowest BCUT2D eigenvalue weighted by atomic mass is 10.1. The molecule has 174 valence electrons. The summed E-state index contributed by atoms with van der Waals surface area (Å²) in [5.74, 6) is 0.869. The molecule has 3 aromatic carbocycles. The number of ether oxygens (including phenoxy) is 1. The molecule has 2 heterocycles. The number of hydrogen-bond donors (Lipinski definition) is 1. The highest BCUT2D eigenvalue weighted by molar-refractivity contribution is 8.00. The minimum atomic E-state index is -0.108. The van der Waals surface area contributed by atoms with E-state index in [-0.39, 0.29) is 11.7 Å². The van der Waals surface area contributed by atoms with E-state index in [4.69, 9.17) is 16.3 Å². The molecule has 0 spiro atoms. The Morgan fingerprint density at radius 2 is 1.74 bits per heavy atom. The van der Waals surface area contributed by atoms with Gasteiger partial charge < -0.3 is 10.1 Å². The van der Waals surface area contributed by atoms with Gasteiger partial charge in [0.05, 0.1) is 11.1 Å². The van der Waals surface area contributed by atoms with E-state index in [9.17, 15) is 4.79 Å². The SMILES string of the molecule is O=C(CSc1ncnc2scc(-c3ccc(Cl)cc3)c12)Nc1ccc(OCc2ccccc2)cc1. The summed E-state index contributed by atoms with van der Waals surface area (Å²) in [5.41, 5.74) is 3.89. The monoisotopic (exact) mass is 517 g/mol. The second-order valence-electron chi connectivity index (χ2n) is 7.65. The molecule has 0 fully saturated rings. The summed E-state index contributed by atoms with van der Waals surface area (Å²) < 4.78 is 5.81. The lowest BCUT2D eigenvalue weighted by Gasteiger charge is -2.09. The molecule has 35 heavy (non-hydrogen) atoms. The average molecular weight is 518 g/mol. The Bertz CT molecular complexity index is 1440. The lowest BCUT2D eigenvalue weighted by molar-refractivity contribution is -0.113. The molecule has 1 amide bonds. The maximum Gasteiger partial charge on any atom is 0.234 e. The molecule has 2 aromatic heterocycles. The van der Waals surface area contributed by atoms with Crippen LogP contribution in [0.4, 0.5) is 5.69 Å². The van der Waals surface area contributed by atoms with Crippen LogP contribution in [-0.4, -0.2) is 21.6 Å². The predicted octanol–water partition coefficient (Wildman–Crippen LogP) is 7.32.